The summed E-state index contributed by atoms with van der Waals surface area (Å²) in [5.74, 6) is 1.73. The number of rotatable bonds is 8. The summed E-state index contributed by atoms with van der Waals surface area (Å²) in [4.78, 5) is 9.35. The van der Waals surface area contributed by atoms with Gasteiger partial charge in [-0.15, -0.1) is 0 Å². The van der Waals surface area contributed by atoms with E-state index in [2.05, 4.69) is 49.9 Å². The largest absolute Gasteiger partial charge is 0.317 e. The smallest absolute Gasteiger partial charge is 0.128 e. The molecule has 0 atom stereocenters. The molecule has 3 nitrogen and oxygen atoms in total. The van der Waals surface area contributed by atoms with Crippen molar-refractivity contribution >= 4 is 0 Å². The van der Waals surface area contributed by atoms with Gasteiger partial charge >= 0.3 is 0 Å². The van der Waals surface area contributed by atoms with Crippen LogP contribution in [-0.4, -0.2) is 23.1 Å². The second-order valence-electron chi connectivity index (χ2n) is 5.68. The molecule has 1 N–H and O–H groups in total. The van der Waals surface area contributed by atoms with Crippen molar-refractivity contribution < 1.29 is 0 Å². The Kier molecular flexibility index (Phi) is 7.00. The molecule has 0 bridgehead atoms. The van der Waals surface area contributed by atoms with Crippen molar-refractivity contribution in [3.63, 3.8) is 0 Å². The molecule has 0 aliphatic rings. The van der Waals surface area contributed by atoms with Crippen molar-refractivity contribution in [2.24, 2.45) is 5.92 Å². The molecule has 0 saturated heterocycles. The van der Waals surface area contributed by atoms with Crippen molar-refractivity contribution in [3.05, 3.63) is 22.8 Å². The van der Waals surface area contributed by atoms with Crippen molar-refractivity contribution in [2.45, 2.75) is 60.3 Å². The van der Waals surface area contributed by atoms with E-state index in [1.165, 1.54) is 23.4 Å². The third kappa shape index (κ3) is 5.68. The third-order valence-electron chi connectivity index (χ3n) is 3.44. The van der Waals surface area contributed by atoms with Crippen LogP contribution >= 0.6 is 0 Å². The van der Waals surface area contributed by atoms with Gasteiger partial charge in [0.05, 0.1) is 0 Å². The topological polar surface area (TPSA) is 37.8 Å². The van der Waals surface area contributed by atoms with Crippen molar-refractivity contribution in [3.8, 4) is 0 Å². The van der Waals surface area contributed by atoms with Gasteiger partial charge in [0.1, 0.15) is 5.82 Å². The Morgan fingerprint density at radius 2 is 1.68 bits per heavy atom. The monoisotopic (exact) mass is 263 g/mol. The van der Waals surface area contributed by atoms with E-state index in [-0.39, 0.29) is 0 Å². The van der Waals surface area contributed by atoms with E-state index in [1.54, 1.807) is 0 Å². The molecule has 1 aromatic heterocycles. The van der Waals surface area contributed by atoms with Crippen LogP contribution in [0, 0.1) is 19.8 Å². The molecule has 0 spiro atoms. The normalized spacial score (nSPS) is 11.3. The molecule has 0 unspecified atom stereocenters. The maximum absolute atomic E-state index is 4.67. The van der Waals surface area contributed by atoms with Crippen LogP contribution in [0.5, 0.6) is 0 Å². The lowest BCUT2D eigenvalue weighted by molar-refractivity contribution is 0.572. The fourth-order valence-electron chi connectivity index (χ4n) is 2.27. The second-order valence-corrected chi connectivity index (χ2v) is 5.68. The Morgan fingerprint density at radius 3 is 2.21 bits per heavy atom. The molecule has 0 aliphatic carbocycles. The summed E-state index contributed by atoms with van der Waals surface area (Å²) in [6, 6.07) is 0. The fourth-order valence-corrected chi connectivity index (χ4v) is 2.27. The van der Waals surface area contributed by atoms with Crippen LogP contribution in [0.2, 0.25) is 0 Å². The summed E-state index contributed by atoms with van der Waals surface area (Å²) in [6.07, 6.45) is 4.40. The number of hydrogen-bond donors (Lipinski definition) is 1. The molecule has 1 aromatic rings. The number of aromatic nitrogens is 2. The van der Waals surface area contributed by atoms with E-state index in [0.29, 0.717) is 5.92 Å². The van der Waals surface area contributed by atoms with Crippen molar-refractivity contribution in [2.75, 3.05) is 13.1 Å². The minimum absolute atomic E-state index is 0.712. The first-order valence-electron chi connectivity index (χ1n) is 7.58. The third-order valence-corrected chi connectivity index (χ3v) is 3.44. The quantitative estimate of drug-likeness (QED) is 0.732. The molecule has 1 heterocycles. The highest BCUT2D eigenvalue weighted by Crippen LogP contribution is 2.14. The van der Waals surface area contributed by atoms with Crippen LogP contribution in [0.15, 0.2) is 0 Å². The second kappa shape index (κ2) is 8.26. The van der Waals surface area contributed by atoms with E-state index < -0.39 is 0 Å². The minimum atomic E-state index is 0.712. The molecule has 0 fully saturated rings. The predicted molar refractivity (Wildman–Crippen MR) is 81.5 cm³/mol. The van der Waals surface area contributed by atoms with Crippen LogP contribution in [0.3, 0.4) is 0 Å². The van der Waals surface area contributed by atoms with E-state index in [9.17, 15) is 0 Å². The summed E-state index contributed by atoms with van der Waals surface area (Å²) >= 11 is 0. The molecular formula is C16H29N3. The van der Waals surface area contributed by atoms with E-state index in [1.807, 2.05) is 0 Å². The van der Waals surface area contributed by atoms with Crippen LogP contribution in [-0.2, 0) is 12.8 Å². The Bertz CT molecular complexity index is 363. The van der Waals surface area contributed by atoms with Crippen molar-refractivity contribution in [1.29, 1.82) is 0 Å². The average Bonchev–Trinajstić information content (AvgIpc) is 2.34. The molecule has 3 heteroatoms. The highest BCUT2D eigenvalue weighted by molar-refractivity contribution is 5.24. The summed E-state index contributed by atoms with van der Waals surface area (Å²) < 4.78 is 0. The zero-order valence-corrected chi connectivity index (χ0v) is 13.2. The minimum Gasteiger partial charge on any atom is -0.317 e. The fraction of sp³-hybridized carbons (Fsp3) is 0.750. The first kappa shape index (κ1) is 16.1. The summed E-state index contributed by atoms with van der Waals surface area (Å²) in [5.41, 5.74) is 3.68. The molecule has 0 saturated carbocycles. The maximum Gasteiger partial charge on any atom is 0.128 e. The van der Waals surface area contributed by atoms with Crippen LogP contribution < -0.4 is 5.32 Å². The van der Waals surface area contributed by atoms with Gasteiger partial charge in [-0.2, -0.15) is 0 Å². The lowest BCUT2D eigenvalue weighted by Gasteiger charge is -2.11. The molecular weight excluding hydrogens is 234 g/mol. The van der Waals surface area contributed by atoms with Gasteiger partial charge in [0, 0.05) is 17.8 Å². The van der Waals surface area contributed by atoms with Gasteiger partial charge in [-0.25, -0.2) is 9.97 Å². The molecule has 19 heavy (non-hydrogen) atoms. The lowest BCUT2D eigenvalue weighted by Crippen LogP contribution is -2.15. The maximum atomic E-state index is 4.67. The zero-order chi connectivity index (χ0) is 14.3. The Morgan fingerprint density at radius 1 is 1.05 bits per heavy atom. The molecule has 108 valence electrons. The van der Waals surface area contributed by atoms with Gasteiger partial charge in [-0.1, -0.05) is 20.8 Å². The predicted octanol–water partition coefficient (Wildman–Crippen LogP) is 3.22. The highest BCUT2D eigenvalue weighted by Gasteiger charge is 2.08. The molecule has 0 amide bonds. The average molecular weight is 263 g/mol. The Balaban J connectivity index is 2.63. The Labute approximate surface area is 118 Å². The first-order chi connectivity index (χ1) is 9.04. The lowest BCUT2D eigenvalue weighted by atomic mass is 10.0. The number of nitrogens with one attached hydrogen (secondary N) is 1. The van der Waals surface area contributed by atoms with Crippen LogP contribution in [0.1, 0.15) is 56.4 Å². The first-order valence-corrected chi connectivity index (χ1v) is 7.58. The Hall–Kier alpha value is -0.960. The number of hydrogen-bond acceptors (Lipinski definition) is 3. The van der Waals surface area contributed by atoms with Gasteiger partial charge < -0.3 is 5.32 Å². The summed E-state index contributed by atoms with van der Waals surface area (Å²) in [5, 5.41) is 3.36. The zero-order valence-electron chi connectivity index (χ0n) is 13.2. The van der Waals surface area contributed by atoms with Gasteiger partial charge in [0.15, 0.2) is 0 Å². The molecule has 0 radical (unpaired) electrons. The summed E-state index contributed by atoms with van der Waals surface area (Å²) in [6.45, 7) is 13.0. The van der Waals surface area contributed by atoms with Gasteiger partial charge in [-0.05, 0) is 57.7 Å². The van der Waals surface area contributed by atoms with E-state index >= 15 is 0 Å². The van der Waals surface area contributed by atoms with Crippen LogP contribution in [0.4, 0.5) is 0 Å². The van der Waals surface area contributed by atoms with Crippen molar-refractivity contribution in [1.82, 2.24) is 15.3 Å². The number of nitrogens with zero attached hydrogens (tertiary/aromatic N) is 2. The SMILES string of the molecule is CCNCCCc1c(C)nc(CCC(C)C)nc1C. The molecule has 1 rings (SSSR count). The van der Waals surface area contributed by atoms with Gasteiger partial charge in [-0.3, -0.25) is 0 Å². The highest BCUT2D eigenvalue weighted by atomic mass is 14.9. The standard InChI is InChI=1S/C16H29N3/c1-6-17-11-7-8-15-13(4)18-16(19-14(15)5)10-9-12(2)3/h12,17H,6-11H2,1-5H3. The van der Waals surface area contributed by atoms with Crippen LogP contribution in [0.25, 0.3) is 0 Å². The van der Waals surface area contributed by atoms with Gasteiger partial charge in [0.25, 0.3) is 0 Å². The van der Waals surface area contributed by atoms with E-state index in [4.69, 9.17) is 0 Å². The molecule has 0 aliphatic heterocycles. The van der Waals surface area contributed by atoms with Gasteiger partial charge in [0.2, 0.25) is 0 Å². The molecule has 0 aromatic carbocycles. The van der Waals surface area contributed by atoms with E-state index in [0.717, 1.165) is 38.2 Å². The summed E-state index contributed by atoms with van der Waals surface area (Å²) in [7, 11) is 0. The number of aryl methyl sites for hydroxylation is 3.